The molecule has 39 heavy (non-hydrogen) atoms. The Labute approximate surface area is 241 Å². The maximum atomic E-state index is 12.4. The number of carbonyl (C=O) groups excluding carboxylic acids is 1. The second kappa shape index (κ2) is 12.6. The Morgan fingerprint density at radius 1 is 0.872 bits per heavy atom. The lowest BCUT2D eigenvalue weighted by Crippen LogP contribution is -2.25. The summed E-state index contributed by atoms with van der Waals surface area (Å²) in [6.45, 7) is 2.96. The fourth-order valence-corrected chi connectivity index (χ4v) is 5.19. The molecular weight excluding hydrogens is 601 g/mol. The van der Waals surface area contributed by atoms with Gasteiger partial charge in [0, 0.05) is 11.1 Å². The number of anilines is 1. The summed E-state index contributed by atoms with van der Waals surface area (Å²) in [7, 11) is 0. The number of nitrogens with zero attached hydrogens (tertiary/aromatic N) is 1. The summed E-state index contributed by atoms with van der Waals surface area (Å²) in [5.41, 5.74) is 5.40. The molecule has 6 nitrogen and oxygen atoms in total. The van der Waals surface area contributed by atoms with Crippen LogP contribution in [0.25, 0.3) is 21.5 Å². The van der Waals surface area contributed by atoms with E-state index in [4.69, 9.17) is 9.47 Å². The van der Waals surface area contributed by atoms with Crippen molar-refractivity contribution in [2.24, 2.45) is 5.10 Å². The molecule has 0 aliphatic carbocycles. The van der Waals surface area contributed by atoms with Crippen LogP contribution in [0.4, 0.5) is 5.69 Å². The third kappa shape index (κ3) is 6.49. The summed E-state index contributed by atoms with van der Waals surface area (Å²) in [6, 6.07) is 32.3. The van der Waals surface area contributed by atoms with Gasteiger partial charge in [-0.25, -0.2) is 5.43 Å². The smallest absolute Gasteiger partial charge is 0.259 e. The number of hydrogen-bond donors (Lipinski definition) is 2. The second-order valence-electron chi connectivity index (χ2n) is 8.86. The van der Waals surface area contributed by atoms with Crippen LogP contribution in [0.2, 0.25) is 0 Å². The van der Waals surface area contributed by atoms with Crippen LogP contribution in [0.5, 0.6) is 11.5 Å². The minimum absolute atomic E-state index is 0.105. The maximum Gasteiger partial charge on any atom is 0.259 e. The summed E-state index contributed by atoms with van der Waals surface area (Å²) in [4.78, 5) is 12.4. The van der Waals surface area contributed by atoms with Gasteiger partial charge in [0.1, 0.15) is 6.61 Å². The van der Waals surface area contributed by atoms with Gasteiger partial charge in [-0.15, -0.1) is 0 Å². The zero-order valence-corrected chi connectivity index (χ0v) is 23.6. The van der Waals surface area contributed by atoms with Gasteiger partial charge in [0.25, 0.3) is 5.91 Å². The van der Waals surface area contributed by atoms with Crippen molar-refractivity contribution in [3.63, 3.8) is 0 Å². The Balaban J connectivity index is 1.23. The lowest BCUT2D eigenvalue weighted by molar-refractivity contribution is -0.119. The zero-order chi connectivity index (χ0) is 27.0. The van der Waals surface area contributed by atoms with Crippen molar-refractivity contribution in [1.29, 1.82) is 0 Å². The lowest BCUT2D eigenvalue weighted by Gasteiger charge is -2.15. The second-order valence-corrected chi connectivity index (χ2v) is 10.0. The van der Waals surface area contributed by atoms with E-state index in [9.17, 15) is 4.79 Å². The average molecular weight is 629 g/mol. The summed E-state index contributed by atoms with van der Waals surface area (Å²) in [5.74, 6) is 1.08. The topological polar surface area (TPSA) is 72.0 Å². The highest BCUT2D eigenvalue weighted by Crippen LogP contribution is 2.35. The third-order valence-corrected chi connectivity index (χ3v) is 7.02. The standard InChI is InChI=1S/C32H28IN3O3/c1-2-38-30-18-22(17-28(33)32(30)39-21-25-13-7-11-23-9-3-5-14-26(23)25)19-35-36-31(37)20-34-29-16-8-12-24-10-4-6-15-27(24)29/h3-19,34H,2,20-21H2,1H3,(H,36,37)/b35-19-. The van der Waals surface area contributed by atoms with Crippen molar-refractivity contribution in [2.75, 3.05) is 18.5 Å². The van der Waals surface area contributed by atoms with Crippen LogP contribution in [0.15, 0.2) is 102 Å². The predicted molar refractivity (Wildman–Crippen MR) is 167 cm³/mol. The molecule has 0 fully saturated rings. The number of hydrogen-bond acceptors (Lipinski definition) is 5. The minimum Gasteiger partial charge on any atom is -0.490 e. The van der Waals surface area contributed by atoms with Crippen LogP contribution in [-0.2, 0) is 11.4 Å². The molecule has 0 bridgehead atoms. The SMILES string of the molecule is CCOc1cc(/C=N\NC(=O)CNc2cccc3ccccc23)cc(I)c1OCc1cccc2ccccc12. The summed E-state index contributed by atoms with van der Waals surface area (Å²) < 4.78 is 13.1. The molecule has 0 unspecified atom stereocenters. The van der Waals surface area contributed by atoms with E-state index < -0.39 is 0 Å². The number of ether oxygens (including phenoxy) is 2. The molecule has 0 aromatic heterocycles. The molecule has 0 heterocycles. The first-order valence-electron chi connectivity index (χ1n) is 12.7. The molecule has 7 heteroatoms. The number of amides is 1. The molecule has 5 rings (SSSR count). The number of nitrogens with one attached hydrogen (secondary N) is 2. The predicted octanol–water partition coefficient (Wildman–Crippen LogP) is 7.14. The molecule has 0 spiro atoms. The summed E-state index contributed by atoms with van der Waals surface area (Å²) in [5, 5.41) is 11.9. The highest BCUT2D eigenvalue weighted by Gasteiger charge is 2.13. The van der Waals surface area contributed by atoms with Gasteiger partial charge in [0.15, 0.2) is 11.5 Å². The number of benzene rings is 5. The number of hydrazone groups is 1. The molecule has 1 amide bonds. The molecule has 5 aromatic carbocycles. The largest absolute Gasteiger partial charge is 0.490 e. The van der Waals surface area contributed by atoms with E-state index in [-0.39, 0.29) is 12.5 Å². The maximum absolute atomic E-state index is 12.4. The number of carbonyl (C=O) groups is 1. The van der Waals surface area contributed by atoms with Crippen LogP contribution in [-0.4, -0.2) is 25.3 Å². The molecule has 2 N–H and O–H groups in total. The first-order valence-corrected chi connectivity index (χ1v) is 13.8. The Morgan fingerprint density at radius 2 is 1.56 bits per heavy atom. The Bertz CT molecular complexity index is 1640. The summed E-state index contributed by atoms with van der Waals surface area (Å²) >= 11 is 2.24. The van der Waals surface area contributed by atoms with Gasteiger partial charge in [-0.3, -0.25) is 4.79 Å². The first kappa shape index (κ1) is 26.5. The van der Waals surface area contributed by atoms with Crippen molar-refractivity contribution in [1.82, 2.24) is 5.43 Å². The quantitative estimate of drug-likeness (QED) is 0.0980. The zero-order valence-electron chi connectivity index (χ0n) is 21.5. The van der Waals surface area contributed by atoms with Gasteiger partial charge in [0.05, 0.1) is 22.9 Å². The van der Waals surface area contributed by atoms with Crippen molar-refractivity contribution in [3.8, 4) is 11.5 Å². The van der Waals surface area contributed by atoms with Crippen LogP contribution >= 0.6 is 22.6 Å². The van der Waals surface area contributed by atoms with Gasteiger partial charge in [0.2, 0.25) is 0 Å². The van der Waals surface area contributed by atoms with Crippen LogP contribution in [0, 0.1) is 3.57 Å². The van der Waals surface area contributed by atoms with Gasteiger partial charge in [-0.05, 0) is 75.0 Å². The number of halogens is 1. The third-order valence-electron chi connectivity index (χ3n) is 6.22. The molecular formula is C32H28IN3O3. The number of rotatable bonds is 10. The van der Waals surface area contributed by atoms with Gasteiger partial charge in [-0.2, -0.15) is 5.10 Å². The van der Waals surface area contributed by atoms with Crippen LogP contribution in [0.3, 0.4) is 0 Å². The van der Waals surface area contributed by atoms with E-state index in [1.54, 1.807) is 6.21 Å². The van der Waals surface area contributed by atoms with E-state index in [1.807, 2.05) is 79.7 Å². The molecule has 0 saturated carbocycles. The molecule has 0 atom stereocenters. The Morgan fingerprint density at radius 3 is 2.36 bits per heavy atom. The van der Waals surface area contributed by atoms with E-state index in [0.717, 1.165) is 31.2 Å². The van der Waals surface area contributed by atoms with Gasteiger partial charge >= 0.3 is 0 Å². The van der Waals surface area contributed by atoms with Crippen LogP contribution < -0.4 is 20.2 Å². The first-order chi connectivity index (χ1) is 19.1. The molecule has 196 valence electrons. The average Bonchev–Trinajstić information content (AvgIpc) is 2.96. The highest BCUT2D eigenvalue weighted by molar-refractivity contribution is 14.1. The van der Waals surface area contributed by atoms with E-state index in [0.29, 0.717) is 24.7 Å². The Kier molecular flexibility index (Phi) is 8.58. The Hall–Kier alpha value is -4.11. The van der Waals surface area contributed by atoms with E-state index in [2.05, 4.69) is 62.7 Å². The van der Waals surface area contributed by atoms with Gasteiger partial charge < -0.3 is 14.8 Å². The monoisotopic (exact) mass is 629 g/mol. The normalized spacial score (nSPS) is 11.1. The fraction of sp³-hybridized carbons (Fsp3) is 0.125. The van der Waals surface area contributed by atoms with E-state index >= 15 is 0 Å². The van der Waals surface area contributed by atoms with E-state index in [1.165, 1.54) is 10.8 Å². The van der Waals surface area contributed by atoms with Gasteiger partial charge in [-0.1, -0.05) is 78.9 Å². The highest BCUT2D eigenvalue weighted by atomic mass is 127. The molecule has 0 aliphatic heterocycles. The fourth-order valence-electron chi connectivity index (χ4n) is 4.41. The van der Waals surface area contributed by atoms with Crippen molar-refractivity contribution >= 4 is 61.9 Å². The molecule has 5 aromatic rings. The molecule has 0 aliphatic rings. The van der Waals surface area contributed by atoms with Crippen molar-refractivity contribution < 1.29 is 14.3 Å². The molecule has 0 radical (unpaired) electrons. The number of fused-ring (bicyclic) bond motifs is 2. The summed E-state index contributed by atoms with van der Waals surface area (Å²) in [6.07, 6.45) is 1.61. The van der Waals surface area contributed by atoms with Crippen LogP contribution in [0.1, 0.15) is 18.1 Å². The lowest BCUT2D eigenvalue weighted by atomic mass is 10.1. The van der Waals surface area contributed by atoms with Crippen molar-refractivity contribution in [2.45, 2.75) is 13.5 Å². The van der Waals surface area contributed by atoms with Crippen molar-refractivity contribution in [3.05, 3.63) is 112 Å². The molecule has 0 saturated heterocycles. The minimum atomic E-state index is -0.242.